The molecule has 1 atom stereocenters. The van der Waals surface area contributed by atoms with Gasteiger partial charge in [0.1, 0.15) is 5.54 Å². The first kappa shape index (κ1) is 16.4. The Morgan fingerprint density at radius 3 is 2.47 bits per heavy atom. The molecular formula is C14H28N2O3. The molecule has 0 saturated carbocycles. The number of nitrogens with zero attached hydrogens (tertiary/aromatic N) is 1. The van der Waals surface area contributed by atoms with E-state index in [1.165, 1.54) is 7.11 Å². The molecule has 1 N–H and O–H groups in total. The van der Waals surface area contributed by atoms with Gasteiger partial charge in [-0.3, -0.25) is 4.79 Å². The normalized spacial score (nSPS) is 21.1. The van der Waals surface area contributed by atoms with Crippen molar-refractivity contribution in [1.82, 2.24) is 10.2 Å². The highest BCUT2D eigenvalue weighted by Crippen LogP contribution is 2.17. The van der Waals surface area contributed by atoms with E-state index in [1.807, 2.05) is 6.92 Å². The zero-order valence-corrected chi connectivity index (χ0v) is 12.7. The summed E-state index contributed by atoms with van der Waals surface area (Å²) in [5.41, 5.74) is -0.570. The first-order chi connectivity index (χ1) is 9.05. The first-order valence-corrected chi connectivity index (χ1v) is 7.08. The smallest absolute Gasteiger partial charge is 0.325 e. The van der Waals surface area contributed by atoms with E-state index in [0.29, 0.717) is 6.10 Å². The fourth-order valence-electron chi connectivity index (χ4n) is 2.58. The van der Waals surface area contributed by atoms with E-state index in [-0.39, 0.29) is 5.97 Å². The van der Waals surface area contributed by atoms with Crippen molar-refractivity contribution in [2.45, 2.75) is 44.2 Å². The van der Waals surface area contributed by atoms with E-state index in [9.17, 15) is 4.79 Å². The molecule has 1 saturated heterocycles. The molecule has 112 valence electrons. The number of likely N-dealkylation sites (tertiary alicyclic amines) is 1. The number of nitrogens with one attached hydrogen (secondary N) is 1. The zero-order valence-electron chi connectivity index (χ0n) is 12.7. The molecule has 0 spiro atoms. The van der Waals surface area contributed by atoms with Crippen LogP contribution in [0.2, 0.25) is 0 Å². The van der Waals surface area contributed by atoms with Gasteiger partial charge in [0.05, 0.1) is 13.2 Å². The number of piperidine rings is 1. The van der Waals surface area contributed by atoms with Crippen molar-refractivity contribution in [3.63, 3.8) is 0 Å². The highest BCUT2D eigenvalue weighted by atomic mass is 16.5. The van der Waals surface area contributed by atoms with Crippen molar-refractivity contribution in [2.24, 2.45) is 0 Å². The molecular weight excluding hydrogens is 244 g/mol. The minimum absolute atomic E-state index is 0.187. The third kappa shape index (κ3) is 4.75. The van der Waals surface area contributed by atoms with Crippen LogP contribution in [0.5, 0.6) is 0 Å². The maximum Gasteiger partial charge on any atom is 0.325 e. The fourth-order valence-corrected chi connectivity index (χ4v) is 2.58. The predicted molar refractivity (Wildman–Crippen MR) is 75.2 cm³/mol. The van der Waals surface area contributed by atoms with Crippen LogP contribution in [0, 0.1) is 0 Å². The highest BCUT2D eigenvalue weighted by molar-refractivity contribution is 5.80. The summed E-state index contributed by atoms with van der Waals surface area (Å²) in [6.07, 6.45) is 4.42. The summed E-state index contributed by atoms with van der Waals surface area (Å²) in [6.45, 7) is 5.11. The Hall–Kier alpha value is -0.650. The van der Waals surface area contributed by atoms with E-state index in [2.05, 4.69) is 10.2 Å². The number of esters is 1. The molecule has 0 aromatic heterocycles. The Morgan fingerprint density at radius 2 is 2.00 bits per heavy atom. The molecule has 1 aliphatic heterocycles. The van der Waals surface area contributed by atoms with Crippen LogP contribution in [0.3, 0.4) is 0 Å². The molecule has 5 heteroatoms. The van der Waals surface area contributed by atoms with Crippen LogP contribution in [-0.4, -0.2) is 63.4 Å². The lowest BCUT2D eigenvalue weighted by Gasteiger charge is -2.32. The number of carbonyl (C=O) groups is 1. The van der Waals surface area contributed by atoms with Crippen molar-refractivity contribution in [3.8, 4) is 0 Å². The lowest BCUT2D eigenvalue weighted by atomic mass is 9.95. The average Bonchev–Trinajstić information content (AvgIpc) is 2.46. The van der Waals surface area contributed by atoms with Crippen LogP contribution in [0.15, 0.2) is 0 Å². The number of hydrogen-bond acceptors (Lipinski definition) is 5. The van der Waals surface area contributed by atoms with Crippen LogP contribution in [-0.2, 0) is 14.3 Å². The van der Waals surface area contributed by atoms with Gasteiger partial charge in [-0.05, 0) is 46.2 Å². The van der Waals surface area contributed by atoms with Gasteiger partial charge < -0.3 is 19.7 Å². The second-order valence-corrected chi connectivity index (χ2v) is 5.45. The number of rotatable bonds is 7. The van der Waals surface area contributed by atoms with E-state index in [4.69, 9.17) is 9.47 Å². The third-order valence-corrected chi connectivity index (χ3v) is 4.21. The second-order valence-electron chi connectivity index (χ2n) is 5.45. The third-order valence-electron chi connectivity index (χ3n) is 4.21. The summed E-state index contributed by atoms with van der Waals surface area (Å²) < 4.78 is 10.2. The van der Waals surface area contributed by atoms with Crippen molar-refractivity contribution >= 4 is 5.97 Å². The first-order valence-electron chi connectivity index (χ1n) is 7.08. The molecule has 1 fully saturated rings. The molecule has 0 radical (unpaired) electrons. The predicted octanol–water partition coefficient (Wildman–Crippen LogP) is 1.03. The lowest BCUT2D eigenvalue weighted by Crippen LogP contribution is -2.48. The average molecular weight is 272 g/mol. The number of hydrogen-bond donors (Lipinski definition) is 1. The molecule has 0 bridgehead atoms. The van der Waals surface area contributed by atoms with Crippen LogP contribution in [0.4, 0.5) is 0 Å². The molecule has 1 unspecified atom stereocenters. The van der Waals surface area contributed by atoms with Gasteiger partial charge in [-0.2, -0.15) is 0 Å². The summed E-state index contributed by atoms with van der Waals surface area (Å²) in [4.78, 5) is 14.2. The molecule has 0 amide bonds. The maximum atomic E-state index is 11.7. The monoisotopic (exact) mass is 272 g/mol. The highest BCUT2D eigenvalue weighted by Gasteiger charge is 2.32. The molecule has 1 rings (SSSR count). The van der Waals surface area contributed by atoms with Gasteiger partial charge in [-0.1, -0.05) is 0 Å². The number of methoxy groups -OCH3 is 2. The van der Waals surface area contributed by atoms with E-state index >= 15 is 0 Å². The standard InChI is InChI=1S/C14H28N2O3/c1-14(15-2,13(17)19-4)8-5-9-16-10-6-12(18-3)7-11-16/h12,15H,5-11H2,1-4H3. The molecule has 1 heterocycles. The number of ether oxygens (including phenoxy) is 2. The van der Waals surface area contributed by atoms with E-state index in [0.717, 1.165) is 45.3 Å². The summed E-state index contributed by atoms with van der Waals surface area (Å²) >= 11 is 0. The van der Waals surface area contributed by atoms with Crippen molar-refractivity contribution in [3.05, 3.63) is 0 Å². The minimum atomic E-state index is -0.570. The Labute approximate surface area is 116 Å². The lowest BCUT2D eigenvalue weighted by molar-refractivity contribution is -0.148. The SMILES string of the molecule is CNC(C)(CCCN1CCC(OC)CC1)C(=O)OC. The van der Waals surface area contributed by atoms with Crippen molar-refractivity contribution in [2.75, 3.05) is 40.9 Å². The Balaban J connectivity index is 2.28. The summed E-state index contributed by atoms with van der Waals surface area (Å²) in [7, 11) is 5.03. The van der Waals surface area contributed by atoms with Gasteiger partial charge in [-0.25, -0.2) is 0 Å². The van der Waals surface area contributed by atoms with Crippen molar-refractivity contribution in [1.29, 1.82) is 0 Å². The van der Waals surface area contributed by atoms with Gasteiger partial charge in [0.2, 0.25) is 0 Å². The second kappa shape index (κ2) is 7.82. The van der Waals surface area contributed by atoms with Crippen LogP contribution in [0.1, 0.15) is 32.6 Å². The minimum Gasteiger partial charge on any atom is -0.468 e. The largest absolute Gasteiger partial charge is 0.468 e. The molecule has 0 aromatic rings. The summed E-state index contributed by atoms with van der Waals surface area (Å²) in [6, 6.07) is 0. The van der Waals surface area contributed by atoms with E-state index < -0.39 is 5.54 Å². The van der Waals surface area contributed by atoms with Crippen LogP contribution >= 0.6 is 0 Å². The number of likely N-dealkylation sites (N-methyl/N-ethyl adjacent to an activating group) is 1. The van der Waals surface area contributed by atoms with Crippen LogP contribution in [0.25, 0.3) is 0 Å². The topological polar surface area (TPSA) is 50.8 Å². The van der Waals surface area contributed by atoms with Gasteiger partial charge in [0, 0.05) is 20.2 Å². The van der Waals surface area contributed by atoms with Gasteiger partial charge in [0.25, 0.3) is 0 Å². The Kier molecular flexibility index (Phi) is 6.75. The maximum absolute atomic E-state index is 11.7. The quantitative estimate of drug-likeness (QED) is 0.702. The summed E-state index contributed by atoms with van der Waals surface area (Å²) in [5, 5.41) is 3.07. The van der Waals surface area contributed by atoms with E-state index in [1.54, 1.807) is 14.2 Å². The van der Waals surface area contributed by atoms with Gasteiger partial charge >= 0.3 is 5.97 Å². The Morgan fingerprint density at radius 1 is 1.37 bits per heavy atom. The molecule has 0 aromatic carbocycles. The molecule has 0 aliphatic carbocycles. The molecule has 19 heavy (non-hydrogen) atoms. The molecule has 5 nitrogen and oxygen atoms in total. The van der Waals surface area contributed by atoms with Crippen LogP contribution < -0.4 is 5.32 Å². The number of carbonyl (C=O) groups excluding carboxylic acids is 1. The molecule has 1 aliphatic rings. The summed E-state index contributed by atoms with van der Waals surface area (Å²) in [5.74, 6) is -0.187. The van der Waals surface area contributed by atoms with Gasteiger partial charge in [-0.15, -0.1) is 0 Å². The van der Waals surface area contributed by atoms with Gasteiger partial charge in [0.15, 0.2) is 0 Å². The Bertz CT molecular complexity index is 278. The fraction of sp³-hybridized carbons (Fsp3) is 0.929. The zero-order chi connectivity index (χ0) is 14.3. The van der Waals surface area contributed by atoms with Crippen molar-refractivity contribution < 1.29 is 14.3 Å².